The number of nitrogens with one attached hydrogen (secondary N) is 1. The van der Waals surface area contributed by atoms with Crippen molar-refractivity contribution in [2.75, 3.05) is 11.1 Å². The second-order valence-corrected chi connectivity index (χ2v) is 9.46. The van der Waals surface area contributed by atoms with Crippen LogP contribution < -0.4 is 16.6 Å². The van der Waals surface area contributed by atoms with E-state index in [1.165, 1.54) is 9.36 Å². The summed E-state index contributed by atoms with van der Waals surface area (Å²) in [5, 5.41) is 16.1. The molecule has 6 aromatic rings. The standard InChI is InChI=1S/C25H23ClN12O/c1-12-7-15(13(2)31-17-5-6-18(26)32-20(17)22-33-35-37(4)34-22)21-16(8-12)24(39)36(3)23-19(30-11-38(21)23)14-9-28-25(27)29-10-14/h5-11,13,31H,1-4H3,(H2,27,28,29)/t13-/m0/s1/i13D. The maximum atomic E-state index is 13.7. The SMILES string of the molecule is [2H][C@@](C)(Nc1ccc(Cl)nc1-c1nnn(C)n1)c1cc(C)cc2c(=O)n(C)c3c(-c4cnc(N)nc4)ncn3c12. The molecule has 3 N–H and O–H groups in total. The molecule has 0 fully saturated rings. The lowest BCUT2D eigenvalue weighted by atomic mass is 10.0. The third-order valence-corrected chi connectivity index (χ3v) is 6.55. The molecule has 196 valence electrons. The van der Waals surface area contributed by atoms with Crippen molar-refractivity contribution in [3.8, 4) is 22.8 Å². The van der Waals surface area contributed by atoms with Crippen LogP contribution in [-0.2, 0) is 14.1 Å². The zero-order valence-corrected chi connectivity index (χ0v) is 22.1. The van der Waals surface area contributed by atoms with Crippen LogP contribution >= 0.6 is 11.6 Å². The normalized spacial score (nSPS) is 13.5. The van der Waals surface area contributed by atoms with E-state index >= 15 is 0 Å². The number of benzene rings is 1. The molecule has 1 atom stereocenters. The largest absolute Gasteiger partial charge is 0.377 e. The van der Waals surface area contributed by atoms with Gasteiger partial charge in [0.2, 0.25) is 11.8 Å². The highest BCUT2D eigenvalue weighted by atomic mass is 35.5. The van der Waals surface area contributed by atoms with Gasteiger partial charge in [-0.1, -0.05) is 17.7 Å². The molecule has 0 unspecified atom stereocenters. The molecule has 6 rings (SSSR count). The van der Waals surface area contributed by atoms with Gasteiger partial charge in [0.15, 0.2) is 0 Å². The molecule has 0 saturated carbocycles. The Balaban J connectivity index is 1.58. The minimum atomic E-state index is -1.47. The van der Waals surface area contributed by atoms with Crippen molar-refractivity contribution in [1.82, 2.24) is 49.1 Å². The Morgan fingerprint density at radius 2 is 1.90 bits per heavy atom. The highest BCUT2D eigenvalue weighted by Gasteiger charge is 2.22. The summed E-state index contributed by atoms with van der Waals surface area (Å²) < 4.78 is 12.8. The summed E-state index contributed by atoms with van der Waals surface area (Å²) in [7, 11) is 3.32. The van der Waals surface area contributed by atoms with Gasteiger partial charge in [0.05, 0.1) is 31.0 Å². The summed E-state index contributed by atoms with van der Waals surface area (Å²) in [6, 6.07) is 5.53. The van der Waals surface area contributed by atoms with E-state index in [-0.39, 0.29) is 22.5 Å². The number of hydrogen-bond acceptors (Lipinski definition) is 10. The maximum Gasteiger partial charge on any atom is 0.261 e. The fraction of sp³-hybridized carbons (Fsp3) is 0.200. The van der Waals surface area contributed by atoms with E-state index in [2.05, 4.69) is 40.7 Å². The molecule has 0 bridgehead atoms. The number of tetrazole rings is 1. The number of rotatable bonds is 5. The molecule has 39 heavy (non-hydrogen) atoms. The van der Waals surface area contributed by atoms with E-state index < -0.39 is 6.02 Å². The molecular formula is C25H23ClN12O. The molecular weight excluding hydrogens is 520 g/mol. The van der Waals surface area contributed by atoms with Crippen LogP contribution in [0.25, 0.3) is 39.3 Å². The van der Waals surface area contributed by atoms with Gasteiger partial charge in [-0.05, 0) is 48.4 Å². The van der Waals surface area contributed by atoms with Gasteiger partial charge in [-0.25, -0.2) is 19.9 Å². The van der Waals surface area contributed by atoms with E-state index in [4.69, 9.17) is 17.3 Å². The van der Waals surface area contributed by atoms with Gasteiger partial charge in [0.25, 0.3) is 5.56 Å². The first kappa shape index (κ1) is 23.2. The van der Waals surface area contributed by atoms with Crippen molar-refractivity contribution < 1.29 is 1.37 Å². The van der Waals surface area contributed by atoms with Crippen molar-refractivity contribution in [3.63, 3.8) is 0 Å². The smallest absolute Gasteiger partial charge is 0.261 e. The summed E-state index contributed by atoms with van der Waals surface area (Å²) in [6.45, 7) is 3.57. The van der Waals surface area contributed by atoms with Gasteiger partial charge < -0.3 is 11.1 Å². The first-order valence-corrected chi connectivity index (χ1v) is 12.2. The van der Waals surface area contributed by atoms with Crippen molar-refractivity contribution in [1.29, 1.82) is 0 Å². The summed E-state index contributed by atoms with van der Waals surface area (Å²) in [4.78, 5) is 32.1. The van der Waals surface area contributed by atoms with Crippen molar-refractivity contribution in [2.24, 2.45) is 14.1 Å². The third kappa shape index (κ3) is 4.12. The molecule has 1 aromatic carbocycles. The Morgan fingerprint density at radius 3 is 2.62 bits per heavy atom. The van der Waals surface area contributed by atoms with E-state index in [1.807, 2.05) is 13.0 Å². The number of nitrogen functional groups attached to an aromatic ring is 1. The number of aryl methyl sites for hydroxylation is 3. The minimum absolute atomic E-state index is 0.133. The Kier molecular flexibility index (Phi) is 5.44. The minimum Gasteiger partial charge on any atom is -0.377 e. The maximum absolute atomic E-state index is 13.7. The van der Waals surface area contributed by atoms with Crippen molar-refractivity contribution >= 4 is 39.8 Å². The number of halogens is 1. The zero-order chi connectivity index (χ0) is 28.3. The molecule has 14 heteroatoms. The Bertz CT molecular complexity index is 1990. The van der Waals surface area contributed by atoms with E-state index in [9.17, 15) is 6.17 Å². The summed E-state index contributed by atoms with van der Waals surface area (Å²) in [5.74, 6) is 0.381. The van der Waals surface area contributed by atoms with Gasteiger partial charge in [-0.2, -0.15) is 4.80 Å². The lowest BCUT2D eigenvalue weighted by Crippen LogP contribution is -2.21. The van der Waals surface area contributed by atoms with Crippen LogP contribution in [-0.4, -0.2) is 49.1 Å². The average Bonchev–Trinajstić information content (AvgIpc) is 3.55. The van der Waals surface area contributed by atoms with E-state index in [1.54, 1.807) is 62.3 Å². The molecule has 0 aliphatic heterocycles. The van der Waals surface area contributed by atoms with Crippen LogP contribution in [0.2, 0.25) is 5.15 Å². The number of hydrogen-bond donors (Lipinski definition) is 2. The molecule has 0 radical (unpaired) electrons. The monoisotopic (exact) mass is 543 g/mol. The highest BCUT2D eigenvalue weighted by Crippen LogP contribution is 2.33. The number of fused-ring (bicyclic) bond motifs is 3. The number of nitrogens with zero attached hydrogens (tertiary/aromatic N) is 10. The molecule has 5 aromatic heterocycles. The fourth-order valence-electron chi connectivity index (χ4n) is 4.61. The lowest BCUT2D eigenvalue weighted by Gasteiger charge is -2.21. The molecule has 13 nitrogen and oxygen atoms in total. The molecule has 0 amide bonds. The number of aromatic nitrogens is 10. The predicted molar refractivity (Wildman–Crippen MR) is 147 cm³/mol. The summed E-state index contributed by atoms with van der Waals surface area (Å²) in [5.41, 5.74) is 9.74. The Hall–Kier alpha value is -4.91. The highest BCUT2D eigenvalue weighted by molar-refractivity contribution is 6.29. The van der Waals surface area contributed by atoms with Gasteiger partial charge >= 0.3 is 0 Å². The first-order chi connectivity index (χ1) is 19.0. The van der Waals surface area contributed by atoms with Crippen LogP contribution in [0.3, 0.4) is 0 Å². The quantitative estimate of drug-likeness (QED) is 0.309. The fourth-order valence-corrected chi connectivity index (χ4v) is 4.76. The van der Waals surface area contributed by atoms with Crippen LogP contribution in [0.1, 0.15) is 25.4 Å². The predicted octanol–water partition coefficient (Wildman–Crippen LogP) is 2.95. The summed E-state index contributed by atoms with van der Waals surface area (Å²) in [6.07, 6.45) is 4.73. The number of nitrogens with two attached hydrogens (primary N) is 1. The molecule has 0 aliphatic rings. The van der Waals surface area contributed by atoms with Gasteiger partial charge in [0.1, 0.15) is 28.5 Å². The number of anilines is 2. The van der Waals surface area contributed by atoms with Crippen LogP contribution in [0.5, 0.6) is 0 Å². The number of pyridine rings is 1. The lowest BCUT2D eigenvalue weighted by molar-refractivity contribution is 0.630. The topological polar surface area (TPSA) is 160 Å². The molecule has 5 heterocycles. The molecule has 0 aliphatic carbocycles. The molecule has 0 spiro atoms. The van der Waals surface area contributed by atoms with E-state index in [0.29, 0.717) is 44.8 Å². The van der Waals surface area contributed by atoms with Crippen LogP contribution in [0, 0.1) is 6.92 Å². The van der Waals surface area contributed by atoms with Crippen molar-refractivity contribution in [2.45, 2.75) is 19.9 Å². The van der Waals surface area contributed by atoms with Gasteiger partial charge in [-0.15, -0.1) is 10.2 Å². The second-order valence-electron chi connectivity index (χ2n) is 9.07. The first-order valence-electron chi connectivity index (χ1n) is 12.3. The molecule has 0 saturated heterocycles. The average molecular weight is 544 g/mol. The third-order valence-electron chi connectivity index (χ3n) is 6.34. The van der Waals surface area contributed by atoms with Gasteiger partial charge in [0, 0.05) is 25.0 Å². The summed E-state index contributed by atoms with van der Waals surface area (Å²) >= 11 is 6.19. The van der Waals surface area contributed by atoms with E-state index in [0.717, 1.165) is 5.56 Å². The van der Waals surface area contributed by atoms with Gasteiger partial charge in [-0.3, -0.25) is 13.8 Å². The zero-order valence-electron chi connectivity index (χ0n) is 22.4. The Morgan fingerprint density at radius 1 is 1.13 bits per heavy atom. The van der Waals surface area contributed by atoms with Crippen LogP contribution in [0.4, 0.5) is 11.6 Å². The van der Waals surface area contributed by atoms with Crippen LogP contribution in [0.15, 0.2) is 47.8 Å². The Labute approximate surface area is 227 Å². The second kappa shape index (κ2) is 9.13. The van der Waals surface area contributed by atoms with Crippen molar-refractivity contribution in [3.05, 3.63) is 69.6 Å². The number of imidazole rings is 1.